The number of rotatable bonds is 4. The Balaban J connectivity index is 1.89. The van der Waals surface area contributed by atoms with Gasteiger partial charge >= 0.3 is 7.48 Å². The molecule has 1 fully saturated rings. The SMILES string of the molecule is OBc1ccc(CN2CCOCC2)cc1-c1cccc(Cl)c1. The standard InChI is InChI=1S/C17H19BClNO2/c19-15-3-1-2-14(11-15)16-10-13(4-5-17(16)18-21)12-20-6-8-22-9-7-20/h1-5,10-11,18,21H,6-9,12H2. The first-order valence-corrected chi connectivity index (χ1v) is 7.93. The van der Waals surface area contributed by atoms with Crippen LogP contribution in [0.3, 0.4) is 0 Å². The van der Waals surface area contributed by atoms with Crippen molar-refractivity contribution in [2.45, 2.75) is 6.54 Å². The number of nitrogens with zero attached hydrogens (tertiary/aromatic N) is 1. The molecule has 1 aliphatic rings. The van der Waals surface area contributed by atoms with E-state index in [-0.39, 0.29) is 7.48 Å². The Kier molecular flexibility index (Phi) is 5.16. The molecule has 0 radical (unpaired) electrons. The maximum Gasteiger partial charge on any atom is 0.305 e. The van der Waals surface area contributed by atoms with Gasteiger partial charge in [-0.2, -0.15) is 0 Å². The van der Waals surface area contributed by atoms with Crippen molar-refractivity contribution in [3.8, 4) is 11.1 Å². The summed E-state index contributed by atoms with van der Waals surface area (Å²) in [5.41, 5.74) is 4.26. The molecule has 2 aromatic carbocycles. The first kappa shape index (κ1) is 15.6. The summed E-state index contributed by atoms with van der Waals surface area (Å²) < 4.78 is 5.39. The van der Waals surface area contributed by atoms with Gasteiger partial charge in [-0.3, -0.25) is 4.90 Å². The number of hydrogen-bond acceptors (Lipinski definition) is 3. The van der Waals surface area contributed by atoms with Crippen molar-refractivity contribution in [1.29, 1.82) is 0 Å². The first-order valence-electron chi connectivity index (χ1n) is 7.55. The molecule has 0 saturated carbocycles. The molecule has 1 N–H and O–H groups in total. The molecule has 114 valence electrons. The average Bonchev–Trinajstić information content (AvgIpc) is 2.56. The number of benzene rings is 2. The lowest BCUT2D eigenvalue weighted by molar-refractivity contribution is 0.0342. The fourth-order valence-corrected chi connectivity index (χ4v) is 2.99. The predicted octanol–water partition coefficient (Wildman–Crippen LogP) is 1.81. The van der Waals surface area contributed by atoms with Crippen LogP contribution in [-0.2, 0) is 11.3 Å². The summed E-state index contributed by atoms with van der Waals surface area (Å²) in [5, 5.41) is 10.3. The zero-order valence-electron chi connectivity index (χ0n) is 12.5. The van der Waals surface area contributed by atoms with Gasteiger partial charge in [-0.05, 0) is 34.3 Å². The van der Waals surface area contributed by atoms with Crippen LogP contribution in [0, 0.1) is 0 Å². The molecule has 3 rings (SSSR count). The minimum Gasteiger partial charge on any atom is -0.449 e. The summed E-state index contributed by atoms with van der Waals surface area (Å²) in [4.78, 5) is 2.39. The van der Waals surface area contributed by atoms with Crippen LogP contribution in [-0.4, -0.2) is 43.7 Å². The lowest BCUT2D eigenvalue weighted by Crippen LogP contribution is -2.35. The van der Waals surface area contributed by atoms with E-state index in [9.17, 15) is 5.02 Å². The van der Waals surface area contributed by atoms with Gasteiger partial charge < -0.3 is 9.76 Å². The van der Waals surface area contributed by atoms with Gasteiger partial charge in [0.2, 0.25) is 0 Å². The van der Waals surface area contributed by atoms with Gasteiger partial charge in [0.15, 0.2) is 0 Å². The number of hydrogen-bond donors (Lipinski definition) is 1. The third kappa shape index (κ3) is 3.71. The van der Waals surface area contributed by atoms with Crippen molar-refractivity contribution in [3.63, 3.8) is 0 Å². The van der Waals surface area contributed by atoms with E-state index in [0.717, 1.165) is 49.4 Å². The highest BCUT2D eigenvalue weighted by atomic mass is 35.5. The molecule has 0 atom stereocenters. The molecule has 0 bridgehead atoms. The Morgan fingerprint density at radius 2 is 1.95 bits per heavy atom. The van der Waals surface area contributed by atoms with E-state index in [1.165, 1.54) is 5.56 Å². The maximum atomic E-state index is 9.60. The average molecular weight is 316 g/mol. The summed E-state index contributed by atoms with van der Waals surface area (Å²) in [6, 6.07) is 14.0. The molecule has 1 saturated heterocycles. The number of halogens is 1. The predicted molar refractivity (Wildman–Crippen MR) is 92.0 cm³/mol. The van der Waals surface area contributed by atoms with Crippen molar-refractivity contribution >= 4 is 24.5 Å². The van der Waals surface area contributed by atoms with E-state index in [4.69, 9.17) is 16.3 Å². The highest BCUT2D eigenvalue weighted by molar-refractivity contribution is 6.48. The van der Waals surface area contributed by atoms with Crippen LogP contribution >= 0.6 is 11.6 Å². The fraction of sp³-hybridized carbons (Fsp3) is 0.294. The van der Waals surface area contributed by atoms with E-state index in [1.54, 1.807) is 0 Å². The van der Waals surface area contributed by atoms with Crippen LogP contribution < -0.4 is 5.46 Å². The minimum atomic E-state index is 0.0275. The molecule has 3 nitrogen and oxygen atoms in total. The van der Waals surface area contributed by atoms with Crippen molar-refractivity contribution in [1.82, 2.24) is 4.90 Å². The van der Waals surface area contributed by atoms with Crippen LogP contribution in [0.25, 0.3) is 11.1 Å². The molecule has 0 aliphatic carbocycles. The monoisotopic (exact) mass is 315 g/mol. The van der Waals surface area contributed by atoms with Crippen LogP contribution in [0.4, 0.5) is 0 Å². The summed E-state index contributed by atoms with van der Waals surface area (Å²) in [6.45, 7) is 4.44. The van der Waals surface area contributed by atoms with Crippen molar-refractivity contribution in [2.75, 3.05) is 26.3 Å². The Morgan fingerprint density at radius 3 is 2.68 bits per heavy atom. The van der Waals surface area contributed by atoms with E-state index in [1.807, 2.05) is 30.3 Å². The highest BCUT2D eigenvalue weighted by Gasteiger charge is 2.13. The molecule has 5 heteroatoms. The molecular formula is C17H19BClNO2. The number of morpholine rings is 1. The van der Waals surface area contributed by atoms with Crippen LogP contribution in [0.15, 0.2) is 42.5 Å². The van der Waals surface area contributed by atoms with Crippen molar-refractivity contribution in [2.24, 2.45) is 0 Å². The molecule has 22 heavy (non-hydrogen) atoms. The molecule has 2 aromatic rings. The van der Waals surface area contributed by atoms with E-state index >= 15 is 0 Å². The van der Waals surface area contributed by atoms with Gasteiger partial charge in [-0.1, -0.05) is 41.9 Å². The molecule has 0 amide bonds. The van der Waals surface area contributed by atoms with E-state index in [2.05, 4.69) is 17.0 Å². The summed E-state index contributed by atoms with van der Waals surface area (Å²) >= 11 is 6.10. The topological polar surface area (TPSA) is 32.7 Å². The molecule has 0 aromatic heterocycles. The summed E-state index contributed by atoms with van der Waals surface area (Å²) in [7, 11) is 0.0275. The van der Waals surface area contributed by atoms with Crippen molar-refractivity contribution < 1.29 is 9.76 Å². The van der Waals surface area contributed by atoms with Gasteiger partial charge in [-0.15, -0.1) is 0 Å². The smallest absolute Gasteiger partial charge is 0.305 e. The third-order valence-corrected chi connectivity index (χ3v) is 4.23. The van der Waals surface area contributed by atoms with Crippen molar-refractivity contribution in [3.05, 3.63) is 53.1 Å². The summed E-state index contributed by atoms with van der Waals surface area (Å²) in [5.74, 6) is 0. The van der Waals surface area contributed by atoms with E-state index < -0.39 is 0 Å². The molecule has 1 aliphatic heterocycles. The first-order chi connectivity index (χ1) is 10.8. The van der Waals surface area contributed by atoms with Crippen LogP contribution in [0.1, 0.15) is 5.56 Å². The van der Waals surface area contributed by atoms with Gasteiger partial charge in [0, 0.05) is 24.7 Å². The largest absolute Gasteiger partial charge is 0.449 e. The molecule has 0 spiro atoms. The van der Waals surface area contributed by atoms with Gasteiger partial charge in [-0.25, -0.2) is 0 Å². The Labute approximate surface area is 136 Å². The minimum absolute atomic E-state index is 0.0275. The lowest BCUT2D eigenvalue weighted by Gasteiger charge is -2.27. The zero-order chi connectivity index (χ0) is 15.4. The van der Waals surface area contributed by atoms with Gasteiger partial charge in [0.25, 0.3) is 0 Å². The zero-order valence-corrected chi connectivity index (χ0v) is 13.2. The number of ether oxygens (including phenoxy) is 1. The van der Waals surface area contributed by atoms with Crippen LogP contribution in [0.5, 0.6) is 0 Å². The Morgan fingerprint density at radius 1 is 1.14 bits per heavy atom. The molecule has 1 heterocycles. The van der Waals surface area contributed by atoms with Crippen LogP contribution in [0.2, 0.25) is 5.02 Å². The Hall–Kier alpha value is -1.33. The second-order valence-corrected chi connectivity index (χ2v) is 5.98. The second kappa shape index (κ2) is 7.29. The van der Waals surface area contributed by atoms with Gasteiger partial charge in [0.1, 0.15) is 0 Å². The summed E-state index contributed by atoms with van der Waals surface area (Å²) in [6.07, 6.45) is 0. The molecule has 0 unspecified atom stereocenters. The third-order valence-electron chi connectivity index (χ3n) is 3.99. The normalized spacial score (nSPS) is 15.7. The highest BCUT2D eigenvalue weighted by Crippen LogP contribution is 2.23. The molecular weight excluding hydrogens is 296 g/mol. The second-order valence-electron chi connectivity index (χ2n) is 5.55. The maximum absolute atomic E-state index is 9.60. The fourth-order valence-electron chi connectivity index (χ4n) is 2.80. The van der Waals surface area contributed by atoms with E-state index in [0.29, 0.717) is 5.02 Å². The Bertz CT molecular complexity index is 644. The van der Waals surface area contributed by atoms with Gasteiger partial charge in [0.05, 0.1) is 13.2 Å². The quantitative estimate of drug-likeness (QED) is 0.874. The lowest BCUT2D eigenvalue weighted by atomic mass is 9.81.